The molecule has 5 nitrogen and oxygen atoms in total. The molecule has 2 heterocycles. The molecule has 0 saturated carbocycles. The zero-order valence-corrected chi connectivity index (χ0v) is 12.6. The first kappa shape index (κ1) is 14.7. The fourth-order valence-corrected chi connectivity index (χ4v) is 2.90. The van der Waals surface area contributed by atoms with E-state index >= 15 is 0 Å². The Morgan fingerprint density at radius 1 is 1.50 bits per heavy atom. The Labute approximate surface area is 126 Å². The van der Waals surface area contributed by atoms with Gasteiger partial charge in [-0.05, 0) is 24.1 Å². The van der Waals surface area contributed by atoms with Crippen molar-refractivity contribution in [3.63, 3.8) is 0 Å². The zero-order valence-electron chi connectivity index (χ0n) is 11.0. The number of rotatable bonds is 1. The molecule has 2 rings (SSSR count). The highest BCUT2D eigenvalue weighted by Crippen LogP contribution is 2.32. The number of carbonyl (C=O) groups is 1. The van der Waals surface area contributed by atoms with E-state index in [1.165, 1.54) is 11.8 Å². The molecule has 2 aliphatic rings. The lowest BCUT2D eigenvalue weighted by atomic mass is 10.0. The zero-order chi connectivity index (χ0) is 14.7. The number of carbonyl (C=O) groups excluding carboxylic acids is 1. The van der Waals surface area contributed by atoms with Gasteiger partial charge in [0.25, 0.3) is 5.91 Å². The molecule has 1 amide bonds. The maximum atomic E-state index is 11.9. The van der Waals surface area contributed by atoms with Gasteiger partial charge in [-0.3, -0.25) is 10.1 Å². The average molecular weight is 311 g/mol. The number of nitrogens with one attached hydrogen (secondary N) is 2. The number of hydrogen-bond donors (Lipinski definition) is 3. The van der Waals surface area contributed by atoms with Crippen LogP contribution in [0.2, 0.25) is 0 Å². The summed E-state index contributed by atoms with van der Waals surface area (Å²) in [7, 11) is 0. The second-order valence-corrected chi connectivity index (χ2v) is 5.63. The molecule has 106 valence electrons. The summed E-state index contributed by atoms with van der Waals surface area (Å²) in [5.74, 6) is 0.207. The molecule has 0 aliphatic carbocycles. The smallest absolute Gasteiger partial charge is 0.257 e. The number of nitrogens with two attached hydrogens (primary N) is 1. The van der Waals surface area contributed by atoms with Gasteiger partial charge in [0.2, 0.25) is 0 Å². The molecule has 0 unspecified atom stereocenters. The number of dihydropyridines is 1. The Morgan fingerprint density at radius 3 is 2.90 bits per heavy atom. The number of allylic oxidation sites excluding steroid dienone is 2. The summed E-state index contributed by atoms with van der Waals surface area (Å²) in [6, 6.07) is 0. The number of guanidine groups is 1. The molecule has 0 aromatic carbocycles. The van der Waals surface area contributed by atoms with Gasteiger partial charge >= 0.3 is 0 Å². The number of halogens is 1. The maximum Gasteiger partial charge on any atom is 0.257 e. The molecule has 7 heteroatoms. The van der Waals surface area contributed by atoms with E-state index in [4.69, 9.17) is 17.3 Å². The summed E-state index contributed by atoms with van der Waals surface area (Å²) in [6.07, 6.45) is 3.72. The third-order valence-electron chi connectivity index (χ3n) is 2.92. The van der Waals surface area contributed by atoms with E-state index in [1.807, 2.05) is 13.0 Å². The lowest BCUT2D eigenvalue weighted by Gasteiger charge is -2.18. The predicted molar refractivity (Wildman–Crippen MR) is 84.1 cm³/mol. The van der Waals surface area contributed by atoms with Gasteiger partial charge < -0.3 is 11.1 Å². The van der Waals surface area contributed by atoms with Gasteiger partial charge in [0.05, 0.1) is 5.88 Å². The van der Waals surface area contributed by atoms with Crippen LogP contribution < -0.4 is 16.4 Å². The Kier molecular flexibility index (Phi) is 4.57. The van der Waals surface area contributed by atoms with Crippen molar-refractivity contribution >= 4 is 35.2 Å². The first-order chi connectivity index (χ1) is 9.49. The van der Waals surface area contributed by atoms with Gasteiger partial charge in [0.1, 0.15) is 5.16 Å². The maximum absolute atomic E-state index is 11.9. The minimum atomic E-state index is -0.332. The Bertz CT molecular complexity index is 589. The fourth-order valence-electron chi connectivity index (χ4n) is 1.77. The first-order valence-corrected chi connectivity index (χ1v) is 7.30. The molecule has 0 fully saturated rings. The highest BCUT2D eigenvalue weighted by atomic mass is 35.5. The number of aliphatic imine (C=N–C) groups is 1. The van der Waals surface area contributed by atoms with E-state index in [0.717, 1.165) is 16.1 Å². The van der Waals surface area contributed by atoms with Crippen molar-refractivity contribution in [1.82, 2.24) is 10.6 Å². The lowest BCUT2D eigenvalue weighted by Crippen LogP contribution is -2.37. The molecule has 4 N–H and O–H groups in total. The molecular weight excluding hydrogens is 296 g/mol. The quantitative estimate of drug-likeness (QED) is 0.507. The van der Waals surface area contributed by atoms with Gasteiger partial charge in [0.15, 0.2) is 5.96 Å². The van der Waals surface area contributed by atoms with E-state index < -0.39 is 0 Å². The van der Waals surface area contributed by atoms with Crippen molar-refractivity contribution in [2.45, 2.75) is 6.92 Å². The Hall–Kier alpha value is -1.66. The molecule has 0 aromatic heterocycles. The normalized spacial score (nSPS) is 20.8. The van der Waals surface area contributed by atoms with Crippen LogP contribution in [0.4, 0.5) is 0 Å². The Morgan fingerprint density at radius 2 is 2.25 bits per heavy atom. The van der Waals surface area contributed by atoms with Gasteiger partial charge in [0, 0.05) is 17.0 Å². The molecule has 0 bridgehead atoms. The van der Waals surface area contributed by atoms with Gasteiger partial charge in [-0.1, -0.05) is 24.3 Å². The monoisotopic (exact) mass is 310 g/mol. The van der Waals surface area contributed by atoms with Crippen LogP contribution in [-0.2, 0) is 4.79 Å². The first-order valence-electron chi connectivity index (χ1n) is 5.94. The summed E-state index contributed by atoms with van der Waals surface area (Å²) in [4.78, 5) is 17.0. The number of hydrogen-bond acceptors (Lipinski definition) is 5. The molecule has 0 atom stereocenters. The van der Waals surface area contributed by atoms with E-state index in [9.17, 15) is 4.79 Å². The molecule has 0 spiro atoms. The number of amides is 1. The minimum Gasteiger partial charge on any atom is -0.372 e. The third kappa shape index (κ3) is 3.26. The van der Waals surface area contributed by atoms with Gasteiger partial charge in [-0.15, -0.1) is 11.8 Å². The molecular formula is C13H15ClN4OS. The summed E-state index contributed by atoms with van der Waals surface area (Å²) in [5, 5.41) is 6.16. The van der Waals surface area contributed by atoms with Crippen LogP contribution in [0.25, 0.3) is 0 Å². The van der Waals surface area contributed by atoms with Crippen molar-refractivity contribution in [3.05, 3.63) is 45.5 Å². The van der Waals surface area contributed by atoms with Gasteiger partial charge in [-0.25, -0.2) is 4.99 Å². The van der Waals surface area contributed by atoms with E-state index in [2.05, 4.69) is 22.2 Å². The van der Waals surface area contributed by atoms with Crippen LogP contribution >= 0.6 is 23.4 Å². The van der Waals surface area contributed by atoms with Crippen LogP contribution in [0.5, 0.6) is 0 Å². The Balaban J connectivity index is 2.40. The third-order valence-corrected chi connectivity index (χ3v) is 4.30. The summed E-state index contributed by atoms with van der Waals surface area (Å²) >= 11 is 7.39. The molecule has 0 saturated heterocycles. The van der Waals surface area contributed by atoms with Crippen molar-refractivity contribution in [2.75, 3.05) is 12.4 Å². The van der Waals surface area contributed by atoms with E-state index in [1.54, 1.807) is 6.08 Å². The van der Waals surface area contributed by atoms with E-state index in [-0.39, 0.29) is 11.9 Å². The number of nitrogens with zero attached hydrogens (tertiary/aromatic N) is 1. The SMILES string of the molecule is C=C1C(=O)NC(N)=NCSC(C2=CC=C(Cl)NC2)=C1C. The van der Waals surface area contributed by atoms with Crippen LogP contribution in [0.3, 0.4) is 0 Å². The standard InChI is InChI=1S/C13H15ClN4OS/c1-7-8(2)12(19)18-13(15)17-6-20-11(7)9-3-4-10(14)16-5-9/h3-4,16H,2,5-6H2,1H3,(H3,15,17,18,19). The number of thioether (sulfide) groups is 1. The molecule has 0 aromatic rings. The van der Waals surface area contributed by atoms with E-state index in [0.29, 0.717) is 23.2 Å². The topological polar surface area (TPSA) is 79.5 Å². The second kappa shape index (κ2) is 6.19. The largest absolute Gasteiger partial charge is 0.372 e. The van der Waals surface area contributed by atoms with Crippen LogP contribution in [0, 0.1) is 0 Å². The molecule has 0 radical (unpaired) electrons. The average Bonchev–Trinajstić information content (AvgIpc) is 2.46. The highest BCUT2D eigenvalue weighted by molar-refractivity contribution is 8.03. The van der Waals surface area contributed by atoms with Crippen molar-refractivity contribution in [3.8, 4) is 0 Å². The molecule has 20 heavy (non-hydrogen) atoms. The van der Waals surface area contributed by atoms with Crippen molar-refractivity contribution in [1.29, 1.82) is 0 Å². The predicted octanol–water partition coefficient (Wildman–Crippen LogP) is 1.56. The highest BCUT2D eigenvalue weighted by Gasteiger charge is 2.19. The molecule has 2 aliphatic heterocycles. The van der Waals surface area contributed by atoms with Crippen molar-refractivity contribution in [2.24, 2.45) is 10.7 Å². The summed E-state index contributed by atoms with van der Waals surface area (Å²) in [6.45, 7) is 6.30. The van der Waals surface area contributed by atoms with Crippen LogP contribution in [0.1, 0.15) is 6.92 Å². The van der Waals surface area contributed by atoms with Gasteiger partial charge in [-0.2, -0.15) is 0 Å². The van der Waals surface area contributed by atoms with Crippen molar-refractivity contribution < 1.29 is 4.79 Å². The minimum absolute atomic E-state index is 0.108. The fraction of sp³-hybridized carbons (Fsp3) is 0.231. The van der Waals surface area contributed by atoms with Crippen LogP contribution in [0.15, 0.2) is 50.5 Å². The second-order valence-electron chi connectivity index (χ2n) is 4.26. The lowest BCUT2D eigenvalue weighted by molar-refractivity contribution is -0.115. The summed E-state index contributed by atoms with van der Waals surface area (Å²) in [5.41, 5.74) is 7.85. The summed E-state index contributed by atoms with van der Waals surface area (Å²) < 4.78 is 0. The van der Waals surface area contributed by atoms with Crippen LogP contribution in [-0.4, -0.2) is 24.3 Å².